The number of nitrogens with one attached hydrogen (secondary N) is 2. The van der Waals surface area contributed by atoms with Crippen molar-refractivity contribution in [2.45, 2.75) is 42.9 Å². The summed E-state index contributed by atoms with van der Waals surface area (Å²) >= 11 is 0. The average molecular weight is 430 g/mol. The lowest BCUT2D eigenvalue weighted by molar-refractivity contribution is 0.298. The van der Waals surface area contributed by atoms with Gasteiger partial charge in [0.2, 0.25) is 20.0 Å². The van der Waals surface area contributed by atoms with Crippen LogP contribution in [0.25, 0.3) is 0 Å². The quantitative estimate of drug-likeness (QED) is 0.718. The van der Waals surface area contributed by atoms with Crippen LogP contribution in [0.5, 0.6) is 0 Å². The van der Waals surface area contributed by atoms with E-state index in [1.54, 1.807) is 0 Å². The molecule has 11 heteroatoms. The highest BCUT2D eigenvalue weighted by Gasteiger charge is 2.29. The van der Waals surface area contributed by atoms with Crippen molar-refractivity contribution in [2.24, 2.45) is 0 Å². The fraction of sp³-hybridized carbons (Fsp3) is 0.600. The minimum absolute atomic E-state index is 0. The van der Waals surface area contributed by atoms with Crippen LogP contribution in [0.15, 0.2) is 23.1 Å². The molecule has 0 radical (unpaired) electrons. The Morgan fingerprint density at radius 3 is 2.19 bits per heavy atom. The topological polar surface area (TPSA) is 95.6 Å². The highest BCUT2D eigenvalue weighted by Crippen LogP contribution is 2.25. The van der Waals surface area contributed by atoms with Crippen LogP contribution in [0.4, 0.5) is 10.1 Å². The van der Waals surface area contributed by atoms with Gasteiger partial charge in [-0.3, -0.25) is 4.72 Å². The lowest BCUT2D eigenvalue weighted by Gasteiger charge is -2.31. The second kappa shape index (κ2) is 8.83. The molecule has 0 atom stereocenters. The Morgan fingerprint density at radius 2 is 1.73 bits per heavy atom. The van der Waals surface area contributed by atoms with E-state index in [9.17, 15) is 21.2 Å². The number of hydrogen-bond donors (Lipinski definition) is 2. The molecule has 2 N–H and O–H groups in total. The van der Waals surface area contributed by atoms with Crippen molar-refractivity contribution >= 4 is 38.1 Å². The molecule has 150 valence electrons. The van der Waals surface area contributed by atoms with Gasteiger partial charge in [0, 0.05) is 19.1 Å². The van der Waals surface area contributed by atoms with Crippen molar-refractivity contribution < 1.29 is 21.2 Å². The van der Waals surface area contributed by atoms with Crippen molar-refractivity contribution in [3.8, 4) is 0 Å². The molecule has 1 aromatic carbocycles. The van der Waals surface area contributed by atoms with Crippen LogP contribution in [0.3, 0.4) is 0 Å². The van der Waals surface area contributed by atoms with E-state index in [0.717, 1.165) is 12.1 Å². The third kappa shape index (κ3) is 5.07. The van der Waals surface area contributed by atoms with Crippen molar-refractivity contribution in [3.63, 3.8) is 0 Å². The van der Waals surface area contributed by atoms with Gasteiger partial charge in [-0.25, -0.2) is 21.2 Å². The van der Waals surface area contributed by atoms with Gasteiger partial charge >= 0.3 is 0 Å². The first-order chi connectivity index (χ1) is 11.6. The van der Waals surface area contributed by atoms with Crippen LogP contribution in [0.1, 0.15) is 26.7 Å². The molecule has 0 bridgehead atoms. The van der Waals surface area contributed by atoms with E-state index >= 15 is 0 Å². The van der Waals surface area contributed by atoms with E-state index in [0.29, 0.717) is 25.9 Å². The Labute approximate surface area is 160 Å². The van der Waals surface area contributed by atoms with Gasteiger partial charge < -0.3 is 5.32 Å². The molecule has 0 aromatic heterocycles. The number of anilines is 1. The number of hydrogen-bond acceptors (Lipinski definition) is 5. The zero-order valence-electron chi connectivity index (χ0n) is 14.9. The van der Waals surface area contributed by atoms with Gasteiger partial charge in [-0.15, -0.1) is 12.4 Å². The van der Waals surface area contributed by atoms with Gasteiger partial charge in [-0.05, 0) is 51.9 Å². The Hall–Kier alpha value is -0.940. The molecule has 1 heterocycles. The van der Waals surface area contributed by atoms with Gasteiger partial charge in [0.15, 0.2) is 0 Å². The number of piperidine rings is 1. The zero-order chi connectivity index (χ0) is 18.8. The minimum atomic E-state index is -3.80. The molecule has 1 aliphatic heterocycles. The molecule has 1 aromatic rings. The normalized spacial score (nSPS) is 17.1. The summed E-state index contributed by atoms with van der Waals surface area (Å²) in [6, 6.07) is 3.50. The molecule has 1 fully saturated rings. The summed E-state index contributed by atoms with van der Waals surface area (Å²) in [7, 11) is -5.68. The molecule has 7 nitrogen and oxygen atoms in total. The standard InChI is InChI=1S/C15H24FN3O4S2.ClH/c1-11(2)24(20,21)18-15-5-4-13(10-14(15)16)25(22,23)19-8-6-12(17-3)7-9-19;/h4-5,10-12,17-18H,6-9H2,1-3H3;1H. The maximum absolute atomic E-state index is 14.2. The van der Waals surface area contributed by atoms with E-state index in [1.807, 2.05) is 7.05 Å². The summed E-state index contributed by atoms with van der Waals surface area (Å²) in [5, 5.41) is 2.38. The Morgan fingerprint density at radius 1 is 1.15 bits per heavy atom. The van der Waals surface area contributed by atoms with Crippen LogP contribution >= 0.6 is 12.4 Å². The fourth-order valence-electron chi connectivity index (χ4n) is 2.54. The van der Waals surface area contributed by atoms with Crippen LogP contribution < -0.4 is 10.0 Å². The number of nitrogens with zero attached hydrogens (tertiary/aromatic N) is 1. The molecule has 0 saturated carbocycles. The third-order valence-corrected chi connectivity index (χ3v) is 7.95. The van der Waals surface area contributed by atoms with E-state index < -0.39 is 31.1 Å². The summed E-state index contributed by atoms with van der Waals surface area (Å²) in [4.78, 5) is -0.180. The summed E-state index contributed by atoms with van der Waals surface area (Å²) in [5.74, 6) is -0.921. The Kier molecular flexibility index (Phi) is 7.85. The van der Waals surface area contributed by atoms with E-state index in [4.69, 9.17) is 0 Å². The smallest absolute Gasteiger partial charge is 0.243 e. The summed E-state index contributed by atoms with van der Waals surface area (Å²) in [6.07, 6.45) is 1.37. The molecule has 1 saturated heterocycles. The maximum Gasteiger partial charge on any atom is 0.243 e. The zero-order valence-corrected chi connectivity index (χ0v) is 17.3. The van der Waals surface area contributed by atoms with E-state index in [-0.39, 0.29) is 29.0 Å². The second-order valence-electron chi connectivity index (χ2n) is 6.30. The van der Waals surface area contributed by atoms with E-state index in [2.05, 4.69) is 10.0 Å². The first-order valence-corrected chi connectivity index (χ1v) is 11.0. The molecule has 0 amide bonds. The van der Waals surface area contributed by atoms with Gasteiger partial charge in [0.1, 0.15) is 5.82 Å². The highest BCUT2D eigenvalue weighted by molar-refractivity contribution is 7.93. The molecule has 2 rings (SSSR count). The monoisotopic (exact) mass is 429 g/mol. The van der Waals surface area contributed by atoms with Crippen LogP contribution in [-0.2, 0) is 20.0 Å². The number of halogens is 2. The summed E-state index contributed by atoms with van der Waals surface area (Å²) in [6.45, 7) is 3.65. The third-order valence-electron chi connectivity index (χ3n) is 4.31. The second-order valence-corrected chi connectivity index (χ2v) is 10.5. The summed E-state index contributed by atoms with van der Waals surface area (Å²) < 4.78 is 66.6. The summed E-state index contributed by atoms with van der Waals surface area (Å²) in [5.41, 5.74) is -0.262. The first-order valence-electron chi connectivity index (χ1n) is 8.06. The minimum Gasteiger partial charge on any atom is -0.317 e. The lowest BCUT2D eigenvalue weighted by atomic mass is 10.1. The van der Waals surface area contributed by atoms with E-state index in [1.165, 1.54) is 24.2 Å². The number of rotatable bonds is 6. The van der Waals surface area contributed by atoms with Gasteiger partial charge in [-0.2, -0.15) is 4.31 Å². The Bertz CT molecular complexity index is 823. The molecular formula is C15H25ClFN3O4S2. The predicted octanol–water partition coefficient (Wildman–Crippen LogP) is 1.77. The largest absolute Gasteiger partial charge is 0.317 e. The van der Waals surface area contributed by atoms with Gasteiger partial charge in [0.25, 0.3) is 0 Å². The van der Waals surface area contributed by atoms with Crippen molar-refractivity contribution in [3.05, 3.63) is 24.0 Å². The van der Waals surface area contributed by atoms with Gasteiger partial charge in [0.05, 0.1) is 15.8 Å². The average Bonchev–Trinajstić information content (AvgIpc) is 2.56. The number of benzene rings is 1. The predicted molar refractivity (Wildman–Crippen MR) is 102 cm³/mol. The molecule has 0 aliphatic carbocycles. The molecule has 0 unspecified atom stereocenters. The maximum atomic E-state index is 14.2. The molecule has 26 heavy (non-hydrogen) atoms. The highest BCUT2D eigenvalue weighted by atomic mass is 35.5. The van der Waals surface area contributed by atoms with Crippen molar-refractivity contribution in [1.82, 2.24) is 9.62 Å². The Balaban J connectivity index is 0.00000338. The lowest BCUT2D eigenvalue weighted by Crippen LogP contribution is -2.43. The van der Waals surface area contributed by atoms with Gasteiger partial charge in [-0.1, -0.05) is 0 Å². The van der Waals surface area contributed by atoms with Crippen LogP contribution in [0.2, 0.25) is 0 Å². The first kappa shape index (κ1) is 23.1. The van der Waals surface area contributed by atoms with Crippen molar-refractivity contribution in [1.29, 1.82) is 0 Å². The SMILES string of the molecule is CNC1CCN(S(=O)(=O)c2ccc(NS(=O)(=O)C(C)C)c(F)c2)CC1.Cl. The molecular weight excluding hydrogens is 405 g/mol. The van der Waals surface area contributed by atoms with Crippen molar-refractivity contribution in [2.75, 3.05) is 24.9 Å². The fourth-order valence-corrected chi connectivity index (χ4v) is 4.73. The molecule has 0 spiro atoms. The van der Waals surface area contributed by atoms with Crippen LogP contribution in [-0.4, -0.2) is 52.6 Å². The van der Waals surface area contributed by atoms with Crippen LogP contribution in [0, 0.1) is 5.82 Å². The molecule has 1 aliphatic rings. The number of sulfonamides is 2.